The summed E-state index contributed by atoms with van der Waals surface area (Å²) in [6.07, 6.45) is 2.45. The fourth-order valence-corrected chi connectivity index (χ4v) is 8.27. The van der Waals surface area contributed by atoms with Gasteiger partial charge in [0.1, 0.15) is 12.3 Å². The summed E-state index contributed by atoms with van der Waals surface area (Å²) in [5.41, 5.74) is 0.143. The van der Waals surface area contributed by atoms with Gasteiger partial charge in [-0.1, -0.05) is 0 Å². The summed E-state index contributed by atoms with van der Waals surface area (Å²) in [4.78, 5) is 13.0. The molecule has 0 spiro atoms. The van der Waals surface area contributed by atoms with Gasteiger partial charge in [0.25, 0.3) is 0 Å². The van der Waals surface area contributed by atoms with Crippen molar-refractivity contribution in [2.45, 2.75) is 22.6 Å². The van der Waals surface area contributed by atoms with Crippen LogP contribution in [0.25, 0.3) is 0 Å². The van der Waals surface area contributed by atoms with Crippen molar-refractivity contribution in [1.29, 1.82) is 0 Å². The normalized spacial score (nSPS) is 17.4. The fourth-order valence-electron chi connectivity index (χ4n) is 4.46. The van der Waals surface area contributed by atoms with Crippen molar-refractivity contribution in [2.24, 2.45) is 0 Å². The Labute approximate surface area is 234 Å². The van der Waals surface area contributed by atoms with E-state index >= 15 is 0 Å². The van der Waals surface area contributed by atoms with Gasteiger partial charge in [0.15, 0.2) is 0 Å². The van der Waals surface area contributed by atoms with Gasteiger partial charge < -0.3 is 14.8 Å². The van der Waals surface area contributed by atoms with Gasteiger partial charge >= 0.3 is 0 Å². The molecule has 40 heavy (non-hydrogen) atoms. The van der Waals surface area contributed by atoms with E-state index in [-0.39, 0.29) is 53.2 Å². The molecule has 2 aliphatic heterocycles. The van der Waals surface area contributed by atoms with Gasteiger partial charge in [0.2, 0.25) is 36.0 Å². The van der Waals surface area contributed by atoms with E-state index in [1.807, 2.05) is 0 Å². The highest BCUT2D eigenvalue weighted by Crippen LogP contribution is 2.30. The standard InChI is InChI=1S/C24H32N4O9S3/c1-36-23-10-9-21(40(34,35)26-11-3-4-12-26)17-22(23)25-24(29)18-28(38(2,30)31)19-5-7-20(8-6-19)39(32,33)27-13-15-37-16-14-27/h5-10,17H,3-4,11-16,18H2,1-2H3,(H,25,29). The zero-order chi connectivity index (χ0) is 29.1. The number of rotatable bonds is 10. The number of amides is 1. The van der Waals surface area contributed by atoms with Gasteiger partial charge in [-0.3, -0.25) is 9.10 Å². The summed E-state index contributed by atoms with van der Waals surface area (Å²) < 4.78 is 91.0. The zero-order valence-electron chi connectivity index (χ0n) is 22.1. The van der Waals surface area contributed by atoms with Crippen LogP contribution < -0.4 is 14.4 Å². The second-order valence-electron chi connectivity index (χ2n) is 9.30. The maximum absolute atomic E-state index is 13.0. The minimum Gasteiger partial charge on any atom is -0.495 e. The van der Waals surface area contributed by atoms with Crippen molar-refractivity contribution < 1.29 is 39.5 Å². The Morgan fingerprint density at radius 3 is 2.00 bits per heavy atom. The van der Waals surface area contributed by atoms with Crippen molar-refractivity contribution in [2.75, 3.05) is 68.9 Å². The molecular formula is C24H32N4O9S3. The number of methoxy groups -OCH3 is 1. The van der Waals surface area contributed by atoms with Gasteiger partial charge in [-0.2, -0.15) is 8.61 Å². The molecule has 0 atom stereocenters. The van der Waals surface area contributed by atoms with E-state index in [1.54, 1.807) is 0 Å². The Morgan fingerprint density at radius 2 is 1.43 bits per heavy atom. The van der Waals surface area contributed by atoms with Crippen molar-refractivity contribution in [3.05, 3.63) is 42.5 Å². The van der Waals surface area contributed by atoms with Crippen LogP contribution in [0.15, 0.2) is 52.3 Å². The Bertz CT molecular complexity index is 1550. The SMILES string of the molecule is COc1ccc(S(=O)(=O)N2CCCC2)cc1NC(=O)CN(c1ccc(S(=O)(=O)N2CCOCC2)cc1)S(C)(=O)=O. The largest absolute Gasteiger partial charge is 0.495 e. The number of sulfonamides is 3. The van der Waals surface area contributed by atoms with Crippen molar-refractivity contribution in [3.8, 4) is 5.75 Å². The van der Waals surface area contributed by atoms with Crippen LogP contribution in [0.5, 0.6) is 5.75 Å². The number of carbonyl (C=O) groups excluding carboxylic acids is 1. The van der Waals surface area contributed by atoms with Gasteiger partial charge in [-0.15, -0.1) is 0 Å². The minimum atomic E-state index is -3.97. The predicted octanol–water partition coefficient (Wildman–Crippen LogP) is 0.905. The topological polar surface area (TPSA) is 160 Å². The molecular weight excluding hydrogens is 584 g/mol. The monoisotopic (exact) mass is 616 g/mol. The number of carbonyl (C=O) groups is 1. The third kappa shape index (κ3) is 6.58. The van der Waals surface area contributed by atoms with Crippen molar-refractivity contribution in [3.63, 3.8) is 0 Å². The molecule has 2 aliphatic rings. The van der Waals surface area contributed by atoms with E-state index in [4.69, 9.17) is 9.47 Å². The highest BCUT2D eigenvalue weighted by atomic mass is 32.2. The first kappa shape index (κ1) is 30.2. The van der Waals surface area contributed by atoms with Crippen LogP contribution in [0.1, 0.15) is 12.8 Å². The fraction of sp³-hybridized carbons (Fsp3) is 0.458. The lowest BCUT2D eigenvalue weighted by Gasteiger charge is -2.26. The third-order valence-corrected chi connectivity index (χ3v) is 11.5. The number of morpholine rings is 1. The lowest BCUT2D eigenvalue weighted by molar-refractivity contribution is -0.114. The molecule has 2 aromatic rings. The summed E-state index contributed by atoms with van der Waals surface area (Å²) in [6, 6.07) is 9.27. The number of nitrogens with one attached hydrogen (secondary N) is 1. The summed E-state index contributed by atoms with van der Waals surface area (Å²) in [5.74, 6) is -0.568. The Kier molecular flexibility index (Phi) is 9.06. The van der Waals surface area contributed by atoms with Gasteiger partial charge in [-0.25, -0.2) is 25.3 Å². The lowest BCUT2D eigenvalue weighted by Crippen LogP contribution is -2.40. The number of anilines is 2. The molecule has 0 bridgehead atoms. The van der Waals surface area contributed by atoms with Crippen LogP contribution in [0.3, 0.4) is 0 Å². The van der Waals surface area contributed by atoms with E-state index in [2.05, 4.69) is 5.32 Å². The molecule has 0 aliphatic carbocycles. The summed E-state index contributed by atoms with van der Waals surface area (Å²) in [6.45, 7) is 1.16. The first-order valence-corrected chi connectivity index (χ1v) is 17.2. The highest BCUT2D eigenvalue weighted by Gasteiger charge is 2.29. The number of nitrogens with zero attached hydrogens (tertiary/aromatic N) is 3. The molecule has 1 N–H and O–H groups in total. The van der Waals surface area contributed by atoms with E-state index in [1.165, 1.54) is 58.2 Å². The molecule has 0 aromatic heterocycles. The van der Waals surface area contributed by atoms with Crippen LogP contribution in [-0.2, 0) is 39.6 Å². The first-order valence-electron chi connectivity index (χ1n) is 12.5. The van der Waals surface area contributed by atoms with Gasteiger partial charge in [0, 0.05) is 26.2 Å². The average Bonchev–Trinajstić information content (AvgIpc) is 3.48. The van der Waals surface area contributed by atoms with Crippen molar-refractivity contribution in [1.82, 2.24) is 8.61 Å². The number of hydrogen-bond donors (Lipinski definition) is 1. The molecule has 0 unspecified atom stereocenters. The third-order valence-electron chi connectivity index (χ3n) is 6.57. The quantitative estimate of drug-likeness (QED) is 0.409. The zero-order valence-corrected chi connectivity index (χ0v) is 24.6. The van der Waals surface area contributed by atoms with Crippen molar-refractivity contribution >= 4 is 47.4 Å². The second-order valence-corrected chi connectivity index (χ2v) is 15.1. The van der Waals surface area contributed by atoms with Crippen LogP contribution in [0.2, 0.25) is 0 Å². The summed E-state index contributed by atoms with van der Waals surface area (Å²) in [5, 5.41) is 2.55. The smallest absolute Gasteiger partial charge is 0.245 e. The number of ether oxygens (including phenoxy) is 2. The number of hydrogen-bond acceptors (Lipinski definition) is 9. The van der Waals surface area contributed by atoms with E-state index < -0.39 is 42.5 Å². The second kappa shape index (κ2) is 12.0. The molecule has 13 nitrogen and oxygen atoms in total. The first-order chi connectivity index (χ1) is 18.8. The maximum Gasteiger partial charge on any atom is 0.245 e. The minimum absolute atomic E-state index is 0.0168. The molecule has 4 rings (SSSR count). The Hall–Kier alpha value is -2.76. The Balaban J connectivity index is 1.55. The van der Waals surface area contributed by atoms with Gasteiger partial charge in [-0.05, 0) is 55.3 Å². The maximum atomic E-state index is 13.0. The lowest BCUT2D eigenvalue weighted by atomic mass is 10.3. The van der Waals surface area contributed by atoms with E-state index in [9.17, 15) is 30.0 Å². The van der Waals surface area contributed by atoms with Crippen LogP contribution in [0.4, 0.5) is 11.4 Å². The summed E-state index contributed by atoms with van der Waals surface area (Å²) >= 11 is 0. The molecule has 2 fully saturated rings. The molecule has 220 valence electrons. The molecule has 2 aromatic carbocycles. The molecule has 2 saturated heterocycles. The Morgan fingerprint density at radius 1 is 0.875 bits per heavy atom. The van der Waals surface area contributed by atoms with Crippen LogP contribution >= 0.6 is 0 Å². The van der Waals surface area contributed by atoms with E-state index in [0.29, 0.717) is 13.1 Å². The molecule has 2 heterocycles. The molecule has 0 saturated carbocycles. The predicted molar refractivity (Wildman–Crippen MR) is 148 cm³/mol. The van der Waals surface area contributed by atoms with Gasteiger partial charge in [0.05, 0.1) is 47.7 Å². The molecule has 0 radical (unpaired) electrons. The van der Waals surface area contributed by atoms with E-state index in [0.717, 1.165) is 23.4 Å². The number of benzene rings is 2. The van der Waals surface area contributed by atoms with Crippen LogP contribution in [0, 0.1) is 0 Å². The average molecular weight is 617 g/mol. The molecule has 16 heteroatoms. The molecule has 1 amide bonds. The summed E-state index contributed by atoms with van der Waals surface area (Å²) in [7, 11) is -10.2. The van der Waals surface area contributed by atoms with Crippen LogP contribution in [-0.4, -0.2) is 99.1 Å². The highest BCUT2D eigenvalue weighted by molar-refractivity contribution is 7.92.